The first-order valence-electron chi connectivity index (χ1n) is 17.8. The predicted molar refractivity (Wildman–Crippen MR) is 199 cm³/mol. The Bertz CT molecular complexity index is 2460. The van der Waals surface area contributed by atoms with Gasteiger partial charge in [0.05, 0.1) is 41.7 Å². The molecule has 0 saturated heterocycles. The maximum absolute atomic E-state index is 12.7. The van der Waals surface area contributed by atoms with Crippen molar-refractivity contribution in [3.8, 4) is 0 Å². The molecule has 2 aromatic carbocycles. The molecule has 10 rings (SSSR count). The number of fused-ring (bicyclic) bond motifs is 4. The summed E-state index contributed by atoms with van der Waals surface area (Å²) in [7, 11) is 0. The minimum Gasteiger partial charge on any atom is -0.325 e. The van der Waals surface area contributed by atoms with Gasteiger partial charge in [0.1, 0.15) is 29.5 Å². The van der Waals surface area contributed by atoms with Crippen molar-refractivity contribution in [1.29, 1.82) is 0 Å². The number of nitrogens with one attached hydrogen (secondary N) is 1. The van der Waals surface area contributed by atoms with Gasteiger partial charge in [0.25, 0.3) is 0 Å². The minimum atomic E-state index is -0.543. The second-order valence-electron chi connectivity index (χ2n) is 13.8. The van der Waals surface area contributed by atoms with Gasteiger partial charge in [-0.2, -0.15) is 10.2 Å². The van der Waals surface area contributed by atoms with Gasteiger partial charge >= 0.3 is 0 Å². The van der Waals surface area contributed by atoms with Crippen molar-refractivity contribution in [3.63, 3.8) is 0 Å². The Balaban J connectivity index is 0.000000125. The number of nitrogens with zero attached hydrogens (tertiary/aromatic N) is 10. The summed E-state index contributed by atoms with van der Waals surface area (Å²) < 4.78 is 3.98. The Morgan fingerprint density at radius 2 is 1.30 bits per heavy atom. The molecule has 4 aromatic heterocycles. The molecule has 1 N–H and O–H groups in total. The smallest absolute Gasteiger partial charge is 0.238 e. The molecule has 4 aliphatic rings. The quantitative estimate of drug-likeness (QED) is 0.143. The highest BCUT2D eigenvalue weighted by atomic mass is 35.5. The van der Waals surface area contributed by atoms with Crippen LogP contribution in [0, 0.1) is 13.1 Å². The first-order chi connectivity index (χ1) is 25.9. The molecular weight excluding hydrogens is 690 g/mol. The van der Waals surface area contributed by atoms with Crippen LogP contribution in [0.5, 0.6) is 0 Å². The van der Waals surface area contributed by atoms with Crippen LogP contribution in [-0.2, 0) is 22.4 Å². The van der Waals surface area contributed by atoms with Crippen LogP contribution in [0.1, 0.15) is 91.8 Å². The number of Topliss-reactive ketones (excluding diaryl/α,β-unsaturated/α-hetero) is 1. The van der Waals surface area contributed by atoms with E-state index in [-0.39, 0.29) is 11.7 Å². The number of carbonyl (C=O) groups is 2. The van der Waals surface area contributed by atoms with E-state index in [1.54, 1.807) is 24.3 Å². The van der Waals surface area contributed by atoms with Gasteiger partial charge in [0.2, 0.25) is 5.91 Å². The van der Waals surface area contributed by atoms with Crippen molar-refractivity contribution in [2.45, 2.75) is 82.2 Å². The Kier molecular flexibility index (Phi) is 9.33. The van der Waals surface area contributed by atoms with E-state index >= 15 is 0 Å². The fourth-order valence-corrected chi connectivity index (χ4v) is 7.92. The van der Waals surface area contributed by atoms with Gasteiger partial charge in [-0.25, -0.2) is 29.6 Å². The summed E-state index contributed by atoms with van der Waals surface area (Å²) in [5.41, 5.74) is 6.75. The van der Waals surface area contributed by atoms with Crippen molar-refractivity contribution in [1.82, 2.24) is 39.5 Å². The normalized spacial score (nSPS) is 17.8. The van der Waals surface area contributed by atoms with Crippen LogP contribution in [-0.4, -0.2) is 51.2 Å². The van der Waals surface area contributed by atoms with Crippen LogP contribution >= 0.6 is 11.6 Å². The average Bonchev–Trinajstić information content (AvgIpc) is 4.02. The molecule has 1 atom stereocenters. The lowest BCUT2D eigenvalue weighted by Crippen LogP contribution is -2.14. The van der Waals surface area contributed by atoms with Gasteiger partial charge in [0, 0.05) is 30.9 Å². The molecule has 2 fully saturated rings. The highest BCUT2D eigenvalue weighted by Crippen LogP contribution is 2.41. The number of ketones is 1. The second kappa shape index (κ2) is 14.5. The highest BCUT2D eigenvalue weighted by molar-refractivity contribution is 6.33. The third kappa shape index (κ3) is 6.84. The molecule has 2 saturated carbocycles. The summed E-state index contributed by atoms with van der Waals surface area (Å²) >= 11 is 5.97. The second-order valence-corrected chi connectivity index (χ2v) is 14.1. The van der Waals surface area contributed by atoms with Crippen LogP contribution in [0.25, 0.3) is 31.8 Å². The Labute approximate surface area is 310 Å². The van der Waals surface area contributed by atoms with Gasteiger partial charge in [0.15, 0.2) is 22.7 Å². The molecule has 0 radical (unpaired) electrons. The summed E-state index contributed by atoms with van der Waals surface area (Å²) in [4.78, 5) is 47.3. The zero-order valence-corrected chi connectivity index (χ0v) is 29.5. The number of hydrogen-bond donors (Lipinski definition) is 1. The Morgan fingerprint density at radius 1 is 0.717 bits per heavy atom. The third-order valence-electron chi connectivity index (χ3n) is 10.4. The number of amides is 1. The molecule has 14 heteroatoms. The molecule has 0 bridgehead atoms. The molecule has 264 valence electrons. The monoisotopic (exact) mass is 723 g/mol. The van der Waals surface area contributed by atoms with Gasteiger partial charge in [-0.15, -0.1) is 0 Å². The molecule has 13 nitrogen and oxygen atoms in total. The van der Waals surface area contributed by atoms with E-state index in [9.17, 15) is 9.59 Å². The van der Waals surface area contributed by atoms with E-state index in [4.69, 9.17) is 24.7 Å². The zero-order chi connectivity index (χ0) is 36.5. The Hall–Kier alpha value is -6.05. The summed E-state index contributed by atoms with van der Waals surface area (Å²) in [5, 5.41) is 14.1. The lowest BCUT2D eigenvalue weighted by atomic mass is 9.95. The first-order valence-corrected chi connectivity index (χ1v) is 18.1. The molecule has 1 unspecified atom stereocenters. The van der Waals surface area contributed by atoms with Crippen LogP contribution in [0.15, 0.2) is 61.4 Å². The van der Waals surface area contributed by atoms with E-state index in [0.717, 1.165) is 46.0 Å². The minimum absolute atomic E-state index is 0.129. The van der Waals surface area contributed by atoms with E-state index in [1.807, 2.05) is 33.9 Å². The third-order valence-corrected chi connectivity index (χ3v) is 10.7. The van der Waals surface area contributed by atoms with Gasteiger partial charge in [-0.3, -0.25) is 19.0 Å². The maximum Gasteiger partial charge on any atom is 0.238 e. The van der Waals surface area contributed by atoms with Crippen LogP contribution in [0.4, 0.5) is 17.1 Å². The molecule has 1 aliphatic heterocycles. The summed E-state index contributed by atoms with van der Waals surface area (Å²) in [6.45, 7) is 14.0. The van der Waals surface area contributed by atoms with Crippen LogP contribution < -0.4 is 5.32 Å². The van der Waals surface area contributed by atoms with E-state index < -0.39 is 5.92 Å². The Morgan fingerprint density at radius 3 is 1.96 bits per heavy atom. The largest absolute Gasteiger partial charge is 0.325 e. The fourth-order valence-electron chi connectivity index (χ4n) is 7.74. The van der Waals surface area contributed by atoms with Gasteiger partial charge < -0.3 is 5.32 Å². The van der Waals surface area contributed by atoms with E-state index in [0.29, 0.717) is 58.4 Å². The maximum atomic E-state index is 12.7. The summed E-state index contributed by atoms with van der Waals surface area (Å²) in [5.74, 6) is -0.415. The average molecular weight is 724 g/mol. The van der Waals surface area contributed by atoms with Crippen molar-refractivity contribution < 1.29 is 9.59 Å². The molecule has 0 spiro atoms. The van der Waals surface area contributed by atoms with Gasteiger partial charge in [-0.05, 0) is 48.4 Å². The number of benzene rings is 2. The molecule has 1 amide bonds. The summed E-state index contributed by atoms with van der Waals surface area (Å²) in [6, 6.07) is 11.6. The summed E-state index contributed by atoms with van der Waals surface area (Å²) in [6.07, 6.45) is 17.6. The highest BCUT2D eigenvalue weighted by Gasteiger charge is 2.35. The van der Waals surface area contributed by atoms with Crippen LogP contribution in [0.2, 0.25) is 5.15 Å². The van der Waals surface area contributed by atoms with E-state index in [1.165, 1.54) is 51.2 Å². The lowest BCUT2D eigenvalue weighted by molar-refractivity contribution is -0.117. The SMILES string of the molecule is Clc1ncnc2nn(C3CCCC3)cc12.[C-]#[N+]c1ccc2c(c1)C(c1ncnc3nn(C4CCCC4)cc13)C(=O)N2.[C-]#[N+]c1ccc2c(c1)CC(=O)C2. The molecule has 53 heavy (non-hydrogen) atoms. The van der Waals surface area contributed by atoms with Crippen LogP contribution in [0.3, 0.4) is 0 Å². The molecule has 3 aliphatic carbocycles. The molecule has 6 aromatic rings. The zero-order valence-electron chi connectivity index (χ0n) is 28.7. The number of rotatable bonds is 3. The number of halogens is 1. The van der Waals surface area contributed by atoms with Crippen molar-refractivity contribution >= 4 is 62.4 Å². The standard InChI is InChI=1S/C19H16N6O.C10H11ClN4.C10H7NO/c1-20-11-6-7-15-13(8-11)16(19(26)23-15)17-14-9-25(12-4-2-3-5-12)24-18(14)22-10-21-17;11-9-8-5-15(7-3-1-2-4-7)14-10(8)13-6-12-9;1-11-9-3-2-7-5-10(12)6-8(7)4-9/h6-10,12,16H,2-5H2,(H,23,26);5-7H,1-4H2;2-4H,5-6H2. The number of anilines is 1. The first kappa shape index (κ1) is 34.1. The van der Waals surface area contributed by atoms with Crippen molar-refractivity contribution in [3.05, 3.63) is 112 Å². The van der Waals surface area contributed by atoms with Gasteiger partial charge in [-0.1, -0.05) is 67.6 Å². The van der Waals surface area contributed by atoms with Crippen molar-refractivity contribution in [2.75, 3.05) is 5.32 Å². The molecule has 5 heterocycles. The predicted octanol–water partition coefficient (Wildman–Crippen LogP) is 8.08. The fraction of sp³-hybridized carbons (Fsp3) is 0.333. The number of carbonyl (C=O) groups excluding carboxylic acids is 2. The lowest BCUT2D eigenvalue weighted by Gasteiger charge is -2.09. The van der Waals surface area contributed by atoms with Crippen molar-refractivity contribution in [2.24, 2.45) is 0 Å². The molecular formula is C39H34ClN11O2. The number of aromatic nitrogens is 8. The van der Waals surface area contributed by atoms with E-state index in [2.05, 4.69) is 45.1 Å². The topological polar surface area (TPSA) is 142 Å². The number of hydrogen-bond acceptors (Lipinski definition) is 8.